The third-order valence-corrected chi connectivity index (χ3v) is 3.05. The molecule has 0 radical (unpaired) electrons. The van der Waals surface area contributed by atoms with Crippen molar-refractivity contribution in [2.24, 2.45) is 5.92 Å². The second kappa shape index (κ2) is 5.97. The van der Waals surface area contributed by atoms with Crippen LogP contribution in [0.4, 0.5) is 10.2 Å². The lowest BCUT2D eigenvalue weighted by Crippen LogP contribution is -2.26. The molecule has 1 N–H and O–H groups in total. The Labute approximate surface area is 111 Å². The molecule has 5 nitrogen and oxygen atoms in total. The molecule has 1 aliphatic rings. The lowest BCUT2D eigenvalue weighted by atomic mass is 10.2. The molecule has 0 unspecified atom stereocenters. The monoisotopic (exact) mass is 268 g/mol. The highest BCUT2D eigenvalue weighted by Crippen LogP contribution is 2.28. The first-order valence-corrected chi connectivity index (χ1v) is 6.25. The molecule has 104 valence electrons. The third-order valence-electron chi connectivity index (χ3n) is 3.05. The van der Waals surface area contributed by atoms with Gasteiger partial charge in [-0.2, -0.15) is 0 Å². The van der Waals surface area contributed by atoms with Gasteiger partial charge in [0, 0.05) is 20.2 Å². The van der Waals surface area contributed by atoms with Gasteiger partial charge >= 0.3 is 5.97 Å². The van der Waals surface area contributed by atoms with Gasteiger partial charge < -0.3 is 14.7 Å². The molecule has 2 rings (SSSR count). The average Bonchev–Trinajstić information content (AvgIpc) is 3.18. The lowest BCUT2D eigenvalue weighted by Gasteiger charge is -2.19. The average molecular weight is 268 g/mol. The number of ether oxygens (including phenoxy) is 1. The van der Waals surface area contributed by atoms with E-state index in [0.717, 1.165) is 18.9 Å². The first-order valence-electron chi connectivity index (χ1n) is 6.25. The molecular weight excluding hydrogens is 251 g/mol. The van der Waals surface area contributed by atoms with Crippen LogP contribution in [-0.4, -0.2) is 42.9 Å². The summed E-state index contributed by atoms with van der Waals surface area (Å²) in [6.07, 6.45) is 3.49. The SMILES string of the molecule is CN(CCOCC1CC1)c1ncc(F)cc1C(=O)O. The lowest BCUT2D eigenvalue weighted by molar-refractivity contribution is 0.0696. The maximum atomic E-state index is 13.0. The van der Waals surface area contributed by atoms with Gasteiger partial charge in [-0.15, -0.1) is 0 Å². The number of carboxylic acid groups (broad SMARTS) is 1. The molecule has 19 heavy (non-hydrogen) atoms. The molecule has 0 aliphatic heterocycles. The zero-order valence-electron chi connectivity index (χ0n) is 10.8. The van der Waals surface area contributed by atoms with E-state index >= 15 is 0 Å². The quantitative estimate of drug-likeness (QED) is 0.764. The number of carboxylic acids is 1. The fraction of sp³-hybridized carbons (Fsp3) is 0.538. The fourth-order valence-electron chi connectivity index (χ4n) is 1.74. The summed E-state index contributed by atoms with van der Waals surface area (Å²) < 4.78 is 18.5. The van der Waals surface area contributed by atoms with Crippen LogP contribution < -0.4 is 4.90 Å². The van der Waals surface area contributed by atoms with Gasteiger partial charge in [0.15, 0.2) is 0 Å². The number of nitrogens with zero attached hydrogens (tertiary/aromatic N) is 2. The molecule has 1 heterocycles. The first kappa shape index (κ1) is 13.7. The third kappa shape index (κ3) is 3.89. The second-order valence-corrected chi connectivity index (χ2v) is 4.77. The minimum Gasteiger partial charge on any atom is -0.478 e. The van der Waals surface area contributed by atoms with E-state index in [1.54, 1.807) is 11.9 Å². The summed E-state index contributed by atoms with van der Waals surface area (Å²) in [6.45, 7) is 1.78. The van der Waals surface area contributed by atoms with Gasteiger partial charge in [-0.3, -0.25) is 0 Å². The van der Waals surface area contributed by atoms with Gasteiger partial charge in [0.2, 0.25) is 0 Å². The Balaban J connectivity index is 1.92. The number of hydrogen-bond acceptors (Lipinski definition) is 4. The van der Waals surface area contributed by atoms with E-state index in [1.165, 1.54) is 12.8 Å². The maximum absolute atomic E-state index is 13.0. The number of likely N-dealkylation sites (N-methyl/N-ethyl adjacent to an activating group) is 1. The molecule has 1 fully saturated rings. The minimum atomic E-state index is -1.19. The number of anilines is 1. The zero-order chi connectivity index (χ0) is 13.8. The fourth-order valence-corrected chi connectivity index (χ4v) is 1.74. The summed E-state index contributed by atoms with van der Waals surface area (Å²) in [5.74, 6) is -0.889. The van der Waals surface area contributed by atoms with E-state index < -0.39 is 11.8 Å². The van der Waals surface area contributed by atoms with Crippen molar-refractivity contribution in [2.75, 3.05) is 31.7 Å². The van der Waals surface area contributed by atoms with Crippen LogP contribution in [-0.2, 0) is 4.74 Å². The second-order valence-electron chi connectivity index (χ2n) is 4.77. The summed E-state index contributed by atoms with van der Waals surface area (Å²) in [4.78, 5) is 16.5. The smallest absolute Gasteiger partial charge is 0.339 e. The number of pyridine rings is 1. The Morgan fingerprint density at radius 3 is 3.00 bits per heavy atom. The van der Waals surface area contributed by atoms with Crippen molar-refractivity contribution < 1.29 is 19.0 Å². The van der Waals surface area contributed by atoms with Gasteiger partial charge in [-0.05, 0) is 24.8 Å². The van der Waals surface area contributed by atoms with Gasteiger partial charge in [0.25, 0.3) is 0 Å². The Hall–Kier alpha value is -1.69. The first-order chi connectivity index (χ1) is 9.08. The van der Waals surface area contributed by atoms with Crippen LogP contribution in [0.3, 0.4) is 0 Å². The van der Waals surface area contributed by atoms with Crippen molar-refractivity contribution in [2.45, 2.75) is 12.8 Å². The molecule has 1 saturated carbocycles. The molecule has 0 amide bonds. The highest BCUT2D eigenvalue weighted by Gasteiger charge is 2.21. The predicted octanol–water partition coefficient (Wildman–Crippen LogP) is 1.78. The zero-order valence-corrected chi connectivity index (χ0v) is 10.8. The normalized spacial score (nSPS) is 14.4. The number of carbonyl (C=O) groups is 1. The summed E-state index contributed by atoms with van der Waals surface area (Å²) in [5.41, 5.74) is -0.135. The van der Waals surface area contributed by atoms with Crippen molar-refractivity contribution in [3.05, 3.63) is 23.6 Å². The van der Waals surface area contributed by atoms with Gasteiger partial charge in [0.05, 0.1) is 12.8 Å². The number of halogens is 1. The van der Waals surface area contributed by atoms with Crippen LogP contribution in [0.1, 0.15) is 23.2 Å². The predicted molar refractivity (Wildman–Crippen MR) is 68.0 cm³/mol. The van der Waals surface area contributed by atoms with E-state index in [9.17, 15) is 9.18 Å². The number of rotatable bonds is 7. The molecule has 0 saturated heterocycles. The summed E-state index contributed by atoms with van der Waals surface area (Å²) >= 11 is 0. The maximum Gasteiger partial charge on any atom is 0.339 e. The molecule has 0 atom stereocenters. The Kier molecular flexibility index (Phi) is 4.31. The number of hydrogen-bond donors (Lipinski definition) is 1. The Bertz CT molecular complexity index is 463. The van der Waals surface area contributed by atoms with Crippen LogP contribution >= 0.6 is 0 Å². The Morgan fingerprint density at radius 2 is 2.37 bits per heavy atom. The molecule has 6 heteroatoms. The number of aromatic nitrogens is 1. The molecule has 0 aromatic carbocycles. The van der Waals surface area contributed by atoms with Gasteiger partial charge in [-0.25, -0.2) is 14.2 Å². The van der Waals surface area contributed by atoms with Gasteiger partial charge in [0.1, 0.15) is 17.2 Å². The summed E-state index contributed by atoms with van der Waals surface area (Å²) in [5, 5.41) is 9.03. The molecule has 1 aromatic heterocycles. The molecule has 1 aromatic rings. The molecule has 0 bridgehead atoms. The summed E-state index contributed by atoms with van der Waals surface area (Å²) in [6, 6.07) is 0.978. The van der Waals surface area contributed by atoms with Crippen molar-refractivity contribution in [3.8, 4) is 0 Å². The standard InChI is InChI=1S/C13H17FN2O3/c1-16(4-5-19-8-9-2-3-9)12-11(13(17)18)6-10(14)7-15-12/h6-7,9H,2-5,8H2,1H3,(H,17,18). The van der Waals surface area contributed by atoms with Crippen LogP contribution in [0.15, 0.2) is 12.3 Å². The van der Waals surface area contributed by atoms with E-state index in [4.69, 9.17) is 9.84 Å². The van der Waals surface area contributed by atoms with Crippen LogP contribution in [0.5, 0.6) is 0 Å². The minimum absolute atomic E-state index is 0.135. The van der Waals surface area contributed by atoms with E-state index in [2.05, 4.69) is 4.98 Å². The molecule has 1 aliphatic carbocycles. The molecular formula is C13H17FN2O3. The molecule has 0 spiro atoms. The van der Waals surface area contributed by atoms with E-state index in [-0.39, 0.29) is 11.4 Å². The van der Waals surface area contributed by atoms with Crippen molar-refractivity contribution >= 4 is 11.8 Å². The topological polar surface area (TPSA) is 62.7 Å². The largest absolute Gasteiger partial charge is 0.478 e. The van der Waals surface area contributed by atoms with Crippen molar-refractivity contribution in [1.82, 2.24) is 4.98 Å². The van der Waals surface area contributed by atoms with Crippen molar-refractivity contribution in [3.63, 3.8) is 0 Å². The van der Waals surface area contributed by atoms with Crippen molar-refractivity contribution in [1.29, 1.82) is 0 Å². The van der Waals surface area contributed by atoms with Crippen LogP contribution in [0.25, 0.3) is 0 Å². The van der Waals surface area contributed by atoms with Crippen LogP contribution in [0.2, 0.25) is 0 Å². The summed E-state index contributed by atoms with van der Waals surface area (Å²) in [7, 11) is 1.72. The van der Waals surface area contributed by atoms with E-state index in [0.29, 0.717) is 19.1 Å². The highest BCUT2D eigenvalue weighted by molar-refractivity contribution is 5.93. The van der Waals surface area contributed by atoms with Gasteiger partial charge in [-0.1, -0.05) is 0 Å². The number of aromatic carboxylic acids is 1. The van der Waals surface area contributed by atoms with E-state index in [1.807, 2.05) is 0 Å². The van der Waals surface area contributed by atoms with Crippen LogP contribution in [0, 0.1) is 11.7 Å². The Morgan fingerprint density at radius 1 is 1.63 bits per heavy atom. The highest BCUT2D eigenvalue weighted by atomic mass is 19.1.